The molecular weight excluding hydrogens is 328 g/mol. The Morgan fingerprint density at radius 1 is 1.44 bits per heavy atom. The molecule has 3 heterocycles. The number of anilines is 1. The molecule has 3 aromatic heterocycles. The number of hydrogen-bond donors (Lipinski definition) is 2. The van der Waals surface area contributed by atoms with Gasteiger partial charge in [-0.25, -0.2) is 10.1 Å². The molecule has 0 saturated carbocycles. The number of nitrogens with two attached hydrogens (primary N) is 1. The Morgan fingerprint density at radius 3 is 2.92 bits per heavy atom. The number of nitrogens with one attached hydrogen (secondary N) is 1. The molecule has 0 radical (unpaired) electrons. The molecule has 0 bridgehead atoms. The van der Waals surface area contributed by atoms with Gasteiger partial charge in [0.1, 0.15) is 11.5 Å². The fourth-order valence-corrected chi connectivity index (χ4v) is 2.17. The van der Waals surface area contributed by atoms with E-state index in [1.807, 2.05) is 6.92 Å². The number of amides is 1. The third-order valence-corrected chi connectivity index (χ3v) is 3.36. The molecule has 0 spiro atoms. The second kappa shape index (κ2) is 6.95. The molecule has 130 valence electrons. The molecule has 3 rings (SSSR count). The summed E-state index contributed by atoms with van der Waals surface area (Å²) in [5, 5.41) is 19.1. The van der Waals surface area contributed by atoms with Crippen molar-refractivity contribution >= 4 is 17.4 Å². The first-order chi connectivity index (χ1) is 12.1. The lowest BCUT2D eigenvalue weighted by atomic mass is 10.2. The molecule has 0 fully saturated rings. The standard InChI is InChI=1S/C14H16N8O3/c1-3-5-9-11(17-21-22(9)13-12(15)19-25-20-13)14(23)18-16-8(2)10-6-4-7-24-10/h4,6-7H,3,5H2,1-2H3,(H2,15,19)(H,18,23)/b16-8-. The number of hydrogen-bond acceptors (Lipinski definition) is 9. The van der Waals surface area contributed by atoms with Crippen LogP contribution in [0.4, 0.5) is 5.82 Å². The summed E-state index contributed by atoms with van der Waals surface area (Å²) in [5.41, 5.74) is 9.31. The average molecular weight is 344 g/mol. The monoisotopic (exact) mass is 344 g/mol. The van der Waals surface area contributed by atoms with E-state index in [-0.39, 0.29) is 17.3 Å². The van der Waals surface area contributed by atoms with Crippen LogP contribution in [0.25, 0.3) is 5.82 Å². The van der Waals surface area contributed by atoms with Crippen molar-refractivity contribution in [2.75, 3.05) is 5.73 Å². The lowest BCUT2D eigenvalue weighted by Gasteiger charge is -2.04. The van der Waals surface area contributed by atoms with E-state index in [4.69, 9.17) is 10.2 Å². The summed E-state index contributed by atoms with van der Waals surface area (Å²) in [4.78, 5) is 12.4. The van der Waals surface area contributed by atoms with Crippen LogP contribution in [-0.4, -0.2) is 36.9 Å². The van der Waals surface area contributed by atoms with Crippen molar-refractivity contribution in [1.29, 1.82) is 0 Å². The van der Waals surface area contributed by atoms with Crippen molar-refractivity contribution in [3.8, 4) is 5.82 Å². The molecule has 11 heteroatoms. The Morgan fingerprint density at radius 2 is 2.28 bits per heavy atom. The minimum Gasteiger partial charge on any atom is -0.463 e. The molecule has 3 aromatic rings. The van der Waals surface area contributed by atoms with Gasteiger partial charge < -0.3 is 10.2 Å². The quantitative estimate of drug-likeness (QED) is 0.495. The molecule has 3 N–H and O–H groups in total. The summed E-state index contributed by atoms with van der Waals surface area (Å²) in [6.07, 6.45) is 2.81. The molecule has 1 amide bonds. The predicted octanol–water partition coefficient (Wildman–Crippen LogP) is 0.932. The van der Waals surface area contributed by atoms with Crippen LogP contribution < -0.4 is 11.2 Å². The van der Waals surface area contributed by atoms with Gasteiger partial charge in [0, 0.05) is 0 Å². The fraction of sp³-hybridized carbons (Fsp3) is 0.286. The molecule has 11 nitrogen and oxygen atoms in total. The highest BCUT2D eigenvalue weighted by Crippen LogP contribution is 2.17. The smallest absolute Gasteiger partial charge is 0.293 e. The highest BCUT2D eigenvalue weighted by atomic mass is 16.6. The average Bonchev–Trinajstić information content (AvgIpc) is 3.33. The van der Waals surface area contributed by atoms with Crippen LogP contribution in [0, 0.1) is 0 Å². The Balaban J connectivity index is 1.86. The van der Waals surface area contributed by atoms with Crippen LogP contribution in [0.5, 0.6) is 0 Å². The SMILES string of the molecule is CCCc1c(C(=O)N/N=C(/C)c2ccco2)nnn1-c1nonc1N. The molecule has 0 aromatic carbocycles. The maximum atomic E-state index is 12.4. The number of rotatable bonds is 6. The number of aromatic nitrogens is 5. The van der Waals surface area contributed by atoms with Gasteiger partial charge in [-0.3, -0.25) is 4.79 Å². The van der Waals surface area contributed by atoms with Crippen molar-refractivity contribution in [3.63, 3.8) is 0 Å². The summed E-state index contributed by atoms with van der Waals surface area (Å²) in [6, 6.07) is 3.47. The van der Waals surface area contributed by atoms with Gasteiger partial charge in [-0.15, -0.1) is 5.10 Å². The van der Waals surface area contributed by atoms with E-state index in [1.54, 1.807) is 19.1 Å². The number of carbonyl (C=O) groups is 1. The molecule has 0 aliphatic heterocycles. The number of furan rings is 1. The number of hydrazone groups is 1. The zero-order chi connectivity index (χ0) is 17.8. The van der Waals surface area contributed by atoms with Crippen LogP contribution in [0.15, 0.2) is 32.5 Å². The largest absolute Gasteiger partial charge is 0.463 e. The highest BCUT2D eigenvalue weighted by Gasteiger charge is 2.23. The fourth-order valence-electron chi connectivity index (χ4n) is 2.17. The van der Waals surface area contributed by atoms with E-state index in [0.29, 0.717) is 23.6 Å². The summed E-state index contributed by atoms with van der Waals surface area (Å²) in [7, 11) is 0. The topological polar surface area (TPSA) is 150 Å². The first-order valence-electron chi connectivity index (χ1n) is 7.53. The Hall–Kier alpha value is -3.50. The van der Waals surface area contributed by atoms with E-state index in [2.05, 4.69) is 35.8 Å². The van der Waals surface area contributed by atoms with Crippen molar-refractivity contribution in [2.45, 2.75) is 26.7 Å². The molecule has 0 aliphatic rings. The second-order valence-corrected chi connectivity index (χ2v) is 5.14. The predicted molar refractivity (Wildman–Crippen MR) is 86.0 cm³/mol. The lowest BCUT2D eigenvalue weighted by Crippen LogP contribution is -2.21. The van der Waals surface area contributed by atoms with Crippen LogP contribution >= 0.6 is 0 Å². The minimum atomic E-state index is -0.504. The van der Waals surface area contributed by atoms with Gasteiger partial charge in [-0.2, -0.15) is 9.78 Å². The van der Waals surface area contributed by atoms with E-state index >= 15 is 0 Å². The van der Waals surface area contributed by atoms with E-state index in [9.17, 15) is 4.79 Å². The Kier molecular flexibility index (Phi) is 4.55. The van der Waals surface area contributed by atoms with E-state index in [0.717, 1.165) is 6.42 Å². The van der Waals surface area contributed by atoms with Gasteiger partial charge in [-0.1, -0.05) is 18.6 Å². The van der Waals surface area contributed by atoms with Crippen LogP contribution in [0.1, 0.15) is 42.2 Å². The second-order valence-electron chi connectivity index (χ2n) is 5.14. The first-order valence-corrected chi connectivity index (χ1v) is 7.53. The van der Waals surface area contributed by atoms with Crippen molar-refractivity contribution < 1.29 is 13.8 Å². The minimum absolute atomic E-state index is 0.0564. The van der Waals surface area contributed by atoms with Gasteiger partial charge in [0.25, 0.3) is 5.91 Å². The third-order valence-electron chi connectivity index (χ3n) is 3.36. The zero-order valence-electron chi connectivity index (χ0n) is 13.6. The first kappa shape index (κ1) is 16.4. The van der Waals surface area contributed by atoms with E-state index in [1.165, 1.54) is 10.9 Å². The van der Waals surface area contributed by atoms with Gasteiger partial charge >= 0.3 is 0 Å². The molecule has 0 unspecified atom stereocenters. The van der Waals surface area contributed by atoms with Gasteiger partial charge in [-0.05, 0) is 35.8 Å². The third kappa shape index (κ3) is 3.24. The number of nitrogen functional groups attached to an aromatic ring is 1. The van der Waals surface area contributed by atoms with Gasteiger partial charge in [0.15, 0.2) is 5.69 Å². The van der Waals surface area contributed by atoms with Crippen LogP contribution in [-0.2, 0) is 6.42 Å². The Labute approximate surface area is 141 Å². The summed E-state index contributed by atoms with van der Waals surface area (Å²) >= 11 is 0. The maximum Gasteiger partial charge on any atom is 0.293 e. The summed E-state index contributed by atoms with van der Waals surface area (Å²) in [5.74, 6) is 0.293. The summed E-state index contributed by atoms with van der Waals surface area (Å²) < 4.78 is 11.1. The number of nitrogens with zero attached hydrogens (tertiary/aromatic N) is 6. The normalized spacial score (nSPS) is 11.7. The highest BCUT2D eigenvalue weighted by molar-refractivity contribution is 5.98. The van der Waals surface area contributed by atoms with Crippen LogP contribution in [0.2, 0.25) is 0 Å². The molecule has 0 atom stereocenters. The van der Waals surface area contributed by atoms with Gasteiger partial charge in [0.05, 0.1) is 12.0 Å². The summed E-state index contributed by atoms with van der Waals surface area (Å²) in [6.45, 7) is 3.67. The maximum absolute atomic E-state index is 12.4. The van der Waals surface area contributed by atoms with Crippen molar-refractivity contribution in [2.24, 2.45) is 5.10 Å². The van der Waals surface area contributed by atoms with Crippen molar-refractivity contribution in [1.82, 2.24) is 30.7 Å². The molecule has 0 aliphatic carbocycles. The van der Waals surface area contributed by atoms with Crippen molar-refractivity contribution in [3.05, 3.63) is 35.5 Å². The van der Waals surface area contributed by atoms with Crippen LogP contribution in [0.3, 0.4) is 0 Å². The van der Waals surface area contributed by atoms with E-state index < -0.39 is 5.91 Å². The molecule has 0 saturated heterocycles. The van der Waals surface area contributed by atoms with Gasteiger partial charge in [0.2, 0.25) is 11.6 Å². The zero-order valence-corrected chi connectivity index (χ0v) is 13.6. The number of carbonyl (C=O) groups excluding carboxylic acids is 1. The Bertz CT molecular complexity index is 893. The molecular formula is C14H16N8O3. The lowest BCUT2D eigenvalue weighted by molar-refractivity contribution is 0.0948. The molecule has 25 heavy (non-hydrogen) atoms.